The number of benzene rings is 2. The van der Waals surface area contributed by atoms with Gasteiger partial charge in [-0.2, -0.15) is 12.7 Å². The van der Waals surface area contributed by atoms with Crippen LogP contribution in [-0.2, 0) is 23.3 Å². The lowest BCUT2D eigenvalue weighted by Gasteiger charge is -2.27. The molecule has 2 aliphatic heterocycles. The largest absolute Gasteiger partial charge is 0.332 e. The molecular weight excluding hydrogens is 461 g/mol. The number of anilines is 1. The molecule has 0 aliphatic carbocycles. The van der Waals surface area contributed by atoms with Crippen LogP contribution in [0.3, 0.4) is 0 Å². The van der Waals surface area contributed by atoms with Crippen molar-refractivity contribution in [3.8, 4) is 0 Å². The first-order chi connectivity index (χ1) is 16.1. The van der Waals surface area contributed by atoms with Crippen molar-refractivity contribution in [2.75, 3.05) is 32.5 Å². The quantitative estimate of drug-likeness (QED) is 0.692. The van der Waals surface area contributed by atoms with Crippen LogP contribution in [0.4, 0.5) is 19.7 Å². The fourth-order valence-electron chi connectivity index (χ4n) is 3.86. The Morgan fingerprint density at radius 2 is 1.68 bits per heavy atom. The normalized spacial score (nSPS) is 15.7. The Balaban J connectivity index is 1.33. The molecule has 0 bridgehead atoms. The minimum Gasteiger partial charge on any atom is -0.320 e. The van der Waals surface area contributed by atoms with Crippen molar-refractivity contribution in [1.82, 2.24) is 18.8 Å². The summed E-state index contributed by atoms with van der Waals surface area (Å²) in [5, 5.41) is 2.87. The van der Waals surface area contributed by atoms with Gasteiger partial charge in [-0.1, -0.05) is 24.3 Å². The number of hydrogen-bond acceptors (Lipinski definition) is 4. The number of amides is 4. The Bertz CT molecular complexity index is 1240. The van der Waals surface area contributed by atoms with Crippen LogP contribution < -0.4 is 10.0 Å². The van der Waals surface area contributed by atoms with E-state index in [2.05, 4.69) is 5.32 Å². The summed E-state index contributed by atoms with van der Waals surface area (Å²) in [5.74, 6) is -0.309. The van der Waals surface area contributed by atoms with Crippen molar-refractivity contribution in [2.24, 2.45) is 0 Å². The lowest BCUT2D eigenvalue weighted by molar-refractivity contribution is 0.208. The molecule has 4 amide bonds. The summed E-state index contributed by atoms with van der Waals surface area (Å²) < 4.78 is 40.1. The fraction of sp³-hybridized carbons (Fsp3) is 0.304. The summed E-state index contributed by atoms with van der Waals surface area (Å²) >= 11 is 0. The maximum Gasteiger partial charge on any atom is 0.332 e. The zero-order valence-corrected chi connectivity index (χ0v) is 19.7. The van der Waals surface area contributed by atoms with Gasteiger partial charge >= 0.3 is 22.3 Å². The second kappa shape index (κ2) is 9.43. The van der Waals surface area contributed by atoms with E-state index >= 15 is 0 Å². The molecule has 4 rings (SSSR count). The molecule has 0 saturated heterocycles. The van der Waals surface area contributed by atoms with Crippen molar-refractivity contribution in [1.29, 1.82) is 0 Å². The third-order valence-electron chi connectivity index (χ3n) is 5.88. The molecule has 2 aromatic rings. The van der Waals surface area contributed by atoms with E-state index in [1.807, 2.05) is 22.9 Å². The number of carbonyl (C=O) groups is 2. The van der Waals surface area contributed by atoms with E-state index in [9.17, 15) is 22.4 Å². The summed E-state index contributed by atoms with van der Waals surface area (Å²) in [6, 6.07) is 11.0. The fourth-order valence-corrected chi connectivity index (χ4v) is 4.39. The predicted molar refractivity (Wildman–Crippen MR) is 126 cm³/mol. The minimum atomic E-state index is -3.83. The van der Waals surface area contributed by atoms with Gasteiger partial charge in [-0.05, 0) is 52.9 Å². The van der Waals surface area contributed by atoms with Gasteiger partial charge in [0, 0.05) is 46.0 Å². The van der Waals surface area contributed by atoms with Crippen LogP contribution in [0.15, 0.2) is 48.5 Å². The average molecular weight is 488 g/mol. The van der Waals surface area contributed by atoms with E-state index in [-0.39, 0.29) is 11.8 Å². The number of rotatable bonds is 4. The minimum absolute atomic E-state index is 0.254. The number of halogens is 1. The Morgan fingerprint density at radius 1 is 0.971 bits per heavy atom. The highest BCUT2D eigenvalue weighted by Gasteiger charge is 2.25. The molecule has 9 nitrogen and oxygen atoms in total. The van der Waals surface area contributed by atoms with E-state index in [1.54, 1.807) is 23.1 Å². The highest BCUT2D eigenvalue weighted by atomic mass is 32.2. The zero-order chi connectivity index (χ0) is 24.5. The first kappa shape index (κ1) is 23.7. The molecule has 2 heterocycles. The molecule has 2 aromatic carbocycles. The van der Waals surface area contributed by atoms with E-state index in [4.69, 9.17) is 0 Å². The molecule has 2 N–H and O–H groups in total. The second-order valence-corrected chi connectivity index (χ2v) is 10.3. The molecule has 0 unspecified atom stereocenters. The highest BCUT2D eigenvalue weighted by Crippen LogP contribution is 2.26. The first-order valence-electron chi connectivity index (χ1n) is 10.7. The lowest BCUT2D eigenvalue weighted by atomic mass is 9.99. The molecule has 0 fully saturated rings. The summed E-state index contributed by atoms with van der Waals surface area (Å²) in [5.41, 5.74) is 4.40. The summed E-state index contributed by atoms with van der Waals surface area (Å²) in [7, 11) is -1.14. The van der Waals surface area contributed by atoms with Crippen LogP contribution in [0.5, 0.6) is 0 Å². The van der Waals surface area contributed by atoms with Crippen LogP contribution in [-0.4, -0.2) is 61.8 Å². The third kappa shape index (κ3) is 5.20. The van der Waals surface area contributed by atoms with Gasteiger partial charge in [0.05, 0.1) is 0 Å². The molecule has 0 spiro atoms. The van der Waals surface area contributed by atoms with Crippen LogP contribution in [0.25, 0.3) is 5.57 Å². The Morgan fingerprint density at radius 3 is 2.32 bits per heavy atom. The van der Waals surface area contributed by atoms with E-state index in [1.165, 1.54) is 31.1 Å². The van der Waals surface area contributed by atoms with E-state index in [0.29, 0.717) is 38.3 Å². The molecule has 0 aromatic heterocycles. The Kier molecular flexibility index (Phi) is 6.58. The number of carbonyl (C=O) groups excluding carboxylic acids is 2. The topological polar surface area (TPSA) is 102 Å². The van der Waals surface area contributed by atoms with Crippen molar-refractivity contribution in [2.45, 2.75) is 19.5 Å². The van der Waals surface area contributed by atoms with Crippen LogP contribution in [0, 0.1) is 5.82 Å². The van der Waals surface area contributed by atoms with Gasteiger partial charge in [0.25, 0.3) is 0 Å². The monoisotopic (exact) mass is 487 g/mol. The second-order valence-electron chi connectivity index (χ2n) is 8.40. The maximum absolute atomic E-state index is 13.4. The number of fused-ring (bicyclic) bond motifs is 1. The van der Waals surface area contributed by atoms with Crippen LogP contribution >= 0.6 is 0 Å². The van der Waals surface area contributed by atoms with Gasteiger partial charge in [0.15, 0.2) is 0 Å². The van der Waals surface area contributed by atoms with Gasteiger partial charge < -0.3 is 15.1 Å². The third-order valence-corrected chi connectivity index (χ3v) is 7.27. The lowest BCUT2D eigenvalue weighted by Crippen LogP contribution is -2.47. The van der Waals surface area contributed by atoms with Crippen molar-refractivity contribution in [3.63, 3.8) is 0 Å². The van der Waals surface area contributed by atoms with Crippen LogP contribution in [0.1, 0.15) is 23.1 Å². The van der Waals surface area contributed by atoms with E-state index < -0.39 is 16.2 Å². The summed E-state index contributed by atoms with van der Waals surface area (Å²) in [4.78, 5) is 27.9. The smallest absolute Gasteiger partial charge is 0.320 e. The number of hydrogen-bond donors (Lipinski definition) is 2. The summed E-state index contributed by atoms with van der Waals surface area (Å²) in [6.07, 6.45) is 2.46. The Labute approximate surface area is 198 Å². The predicted octanol–water partition coefficient (Wildman–Crippen LogP) is 2.98. The molecular formula is C23H26FN5O4S. The first-order valence-corrected chi connectivity index (χ1v) is 12.2. The molecule has 11 heteroatoms. The Hall–Kier alpha value is -3.44. The molecule has 0 radical (unpaired) electrons. The number of nitrogens with zero attached hydrogens (tertiary/aromatic N) is 3. The molecule has 180 valence electrons. The van der Waals surface area contributed by atoms with Gasteiger partial charge in [-0.25, -0.2) is 18.7 Å². The van der Waals surface area contributed by atoms with Gasteiger partial charge in [-0.3, -0.25) is 0 Å². The standard InChI is InChI=1S/C23H26FN5O4S/c1-27(2)34(32,33)26-23(31)28-11-9-17(10-12-28)16-4-7-21(8-5-16)25-22(30)29-14-18-3-6-20(24)13-19(18)15-29/h3-9,13H,10-12,14-15H2,1-2H3,(H,25,30)(H,26,31). The van der Waals surface area contributed by atoms with Gasteiger partial charge in [0.2, 0.25) is 0 Å². The van der Waals surface area contributed by atoms with Gasteiger partial charge in [-0.15, -0.1) is 0 Å². The molecule has 0 atom stereocenters. The number of nitrogens with one attached hydrogen (secondary N) is 2. The van der Waals surface area contributed by atoms with Crippen molar-refractivity contribution < 1.29 is 22.4 Å². The zero-order valence-electron chi connectivity index (χ0n) is 18.9. The van der Waals surface area contributed by atoms with E-state index in [0.717, 1.165) is 26.6 Å². The molecule has 34 heavy (non-hydrogen) atoms. The average Bonchev–Trinajstić information content (AvgIpc) is 3.23. The maximum atomic E-state index is 13.4. The van der Waals surface area contributed by atoms with Crippen molar-refractivity contribution >= 4 is 33.5 Å². The molecule has 0 saturated carbocycles. The van der Waals surface area contributed by atoms with Gasteiger partial charge in [0.1, 0.15) is 5.82 Å². The van der Waals surface area contributed by atoms with Crippen LogP contribution in [0.2, 0.25) is 0 Å². The highest BCUT2D eigenvalue weighted by molar-refractivity contribution is 7.87. The number of urea groups is 2. The van der Waals surface area contributed by atoms with Crippen molar-refractivity contribution in [3.05, 3.63) is 71.0 Å². The SMILES string of the molecule is CN(C)S(=O)(=O)NC(=O)N1CC=C(c2ccc(NC(=O)N3Cc4ccc(F)cc4C3)cc2)CC1. The summed E-state index contributed by atoms with van der Waals surface area (Å²) in [6.45, 7) is 1.48. The molecule has 2 aliphatic rings.